The topological polar surface area (TPSA) is 54.7 Å². The largest absolute Gasteiger partial charge is 0.312 e. The number of pyridine rings is 1. The molecule has 0 saturated carbocycles. The molecule has 3 aromatic rings. The van der Waals surface area contributed by atoms with Crippen LogP contribution >= 0.6 is 0 Å². The van der Waals surface area contributed by atoms with Crippen LogP contribution in [0, 0.1) is 6.92 Å². The van der Waals surface area contributed by atoms with Crippen LogP contribution in [0.5, 0.6) is 0 Å². The van der Waals surface area contributed by atoms with E-state index in [2.05, 4.69) is 4.98 Å². The zero-order chi connectivity index (χ0) is 16.8. The monoisotopic (exact) mass is 319 g/mol. The third-order valence-corrected chi connectivity index (χ3v) is 4.63. The van der Waals surface area contributed by atoms with E-state index in [0.29, 0.717) is 17.9 Å². The van der Waals surface area contributed by atoms with Gasteiger partial charge in [-0.25, -0.2) is 4.98 Å². The second-order valence-electron chi connectivity index (χ2n) is 6.11. The molecule has 120 valence electrons. The van der Waals surface area contributed by atoms with Gasteiger partial charge in [0.15, 0.2) is 6.29 Å². The number of hydrogen-bond donors (Lipinski definition) is 0. The Morgan fingerprint density at radius 2 is 2.12 bits per heavy atom. The van der Waals surface area contributed by atoms with Crippen LogP contribution in [-0.2, 0) is 11.2 Å². The predicted octanol–water partition coefficient (Wildman–Crippen LogP) is 3.03. The maximum absolute atomic E-state index is 11.8. The molecule has 5 nitrogen and oxygen atoms in total. The highest BCUT2D eigenvalue weighted by Crippen LogP contribution is 2.34. The van der Waals surface area contributed by atoms with Crippen molar-refractivity contribution in [2.75, 3.05) is 11.4 Å². The maximum Gasteiger partial charge on any atom is 0.223 e. The molecule has 0 spiro atoms. The van der Waals surface area contributed by atoms with E-state index in [9.17, 15) is 9.59 Å². The molecule has 4 rings (SSSR count). The van der Waals surface area contributed by atoms with E-state index in [1.807, 2.05) is 47.9 Å². The summed E-state index contributed by atoms with van der Waals surface area (Å²) in [7, 11) is 0. The molecule has 0 N–H and O–H groups in total. The van der Waals surface area contributed by atoms with E-state index in [1.54, 1.807) is 11.8 Å². The number of benzene rings is 1. The highest BCUT2D eigenvalue weighted by atomic mass is 16.2. The first-order valence-corrected chi connectivity index (χ1v) is 7.94. The summed E-state index contributed by atoms with van der Waals surface area (Å²) in [5, 5.41) is 0. The average molecular weight is 319 g/mol. The van der Waals surface area contributed by atoms with Crippen molar-refractivity contribution in [3.05, 3.63) is 53.3 Å². The van der Waals surface area contributed by atoms with E-state index >= 15 is 0 Å². The van der Waals surface area contributed by atoms with Crippen LogP contribution in [-0.4, -0.2) is 28.1 Å². The minimum absolute atomic E-state index is 0.0346. The van der Waals surface area contributed by atoms with Gasteiger partial charge in [0.1, 0.15) is 17.0 Å². The van der Waals surface area contributed by atoms with Crippen LogP contribution in [0.4, 0.5) is 5.69 Å². The number of nitrogens with zero attached hydrogens (tertiary/aromatic N) is 3. The number of amides is 1. The van der Waals surface area contributed by atoms with Gasteiger partial charge in [-0.3, -0.25) is 14.0 Å². The van der Waals surface area contributed by atoms with Gasteiger partial charge in [-0.1, -0.05) is 18.2 Å². The zero-order valence-corrected chi connectivity index (χ0v) is 13.6. The fourth-order valence-corrected chi connectivity index (χ4v) is 3.40. The predicted molar refractivity (Wildman–Crippen MR) is 92.5 cm³/mol. The second-order valence-corrected chi connectivity index (χ2v) is 6.11. The Balaban J connectivity index is 1.93. The molecule has 0 bridgehead atoms. The lowest BCUT2D eigenvalue weighted by Gasteiger charge is -2.15. The summed E-state index contributed by atoms with van der Waals surface area (Å²) in [6, 6.07) is 9.85. The van der Waals surface area contributed by atoms with Gasteiger partial charge in [0.05, 0.1) is 0 Å². The van der Waals surface area contributed by atoms with Crippen molar-refractivity contribution in [2.45, 2.75) is 20.3 Å². The van der Waals surface area contributed by atoms with E-state index in [-0.39, 0.29) is 5.91 Å². The van der Waals surface area contributed by atoms with Crippen molar-refractivity contribution in [1.29, 1.82) is 0 Å². The van der Waals surface area contributed by atoms with Crippen LogP contribution in [0.2, 0.25) is 0 Å². The van der Waals surface area contributed by atoms with E-state index in [4.69, 9.17) is 0 Å². The molecule has 1 amide bonds. The van der Waals surface area contributed by atoms with Crippen molar-refractivity contribution in [2.24, 2.45) is 0 Å². The van der Waals surface area contributed by atoms with Gasteiger partial charge in [-0.2, -0.15) is 0 Å². The molecular formula is C19H17N3O2. The number of anilines is 1. The number of hydrogen-bond acceptors (Lipinski definition) is 3. The van der Waals surface area contributed by atoms with Gasteiger partial charge in [-0.15, -0.1) is 0 Å². The molecule has 0 fully saturated rings. The van der Waals surface area contributed by atoms with Crippen molar-refractivity contribution in [3.8, 4) is 11.3 Å². The van der Waals surface area contributed by atoms with Crippen LogP contribution in [0.15, 0.2) is 36.5 Å². The molecule has 0 atom stereocenters. The van der Waals surface area contributed by atoms with Crippen LogP contribution in [0.1, 0.15) is 28.5 Å². The van der Waals surface area contributed by atoms with Crippen molar-refractivity contribution in [1.82, 2.24) is 9.38 Å². The smallest absolute Gasteiger partial charge is 0.223 e. The minimum atomic E-state index is 0.0346. The van der Waals surface area contributed by atoms with Gasteiger partial charge in [0.2, 0.25) is 5.91 Å². The van der Waals surface area contributed by atoms with Crippen molar-refractivity contribution in [3.63, 3.8) is 0 Å². The molecule has 0 unspecified atom stereocenters. The molecule has 0 saturated heterocycles. The fraction of sp³-hybridized carbons (Fsp3) is 0.211. The standard InChI is InChI=1S/C19H17N3O2/c1-12-4-3-8-22-17(11-23)18(20-19(12)22)15-6-5-14-7-9-21(13(2)24)16(14)10-15/h3-6,8,10-11H,7,9H2,1-2H3. The summed E-state index contributed by atoms with van der Waals surface area (Å²) < 4.78 is 1.81. The Kier molecular flexibility index (Phi) is 3.23. The summed E-state index contributed by atoms with van der Waals surface area (Å²) in [6.45, 7) is 4.26. The van der Waals surface area contributed by atoms with Gasteiger partial charge >= 0.3 is 0 Å². The molecule has 24 heavy (non-hydrogen) atoms. The lowest BCUT2D eigenvalue weighted by Crippen LogP contribution is -2.25. The number of aryl methyl sites for hydroxylation is 1. The first kappa shape index (κ1) is 14.6. The highest BCUT2D eigenvalue weighted by molar-refractivity contribution is 5.95. The summed E-state index contributed by atoms with van der Waals surface area (Å²) in [6.07, 6.45) is 3.54. The molecule has 1 aromatic carbocycles. The van der Waals surface area contributed by atoms with Gasteiger partial charge in [0, 0.05) is 30.9 Å². The zero-order valence-electron chi connectivity index (χ0n) is 13.6. The van der Waals surface area contributed by atoms with Crippen molar-refractivity contribution >= 4 is 23.5 Å². The Morgan fingerprint density at radius 3 is 2.88 bits per heavy atom. The lowest BCUT2D eigenvalue weighted by atomic mass is 10.1. The highest BCUT2D eigenvalue weighted by Gasteiger charge is 2.24. The summed E-state index contributed by atoms with van der Waals surface area (Å²) in [4.78, 5) is 29.9. The molecule has 2 aromatic heterocycles. The van der Waals surface area contributed by atoms with Crippen molar-refractivity contribution < 1.29 is 9.59 Å². The van der Waals surface area contributed by atoms with Gasteiger partial charge < -0.3 is 4.90 Å². The second kappa shape index (κ2) is 5.30. The van der Waals surface area contributed by atoms with Gasteiger partial charge in [0.25, 0.3) is 0 Å². The first-order valence-electron chi connectivity index (χ1n) is 7.94. The summed E-state index contributed by atoms with van der Waals surface area (Å²) in [5.74, 6) is 0.0346. The molecular weight excluding hydrogens is 302 g/mol. The number of aromatic nitrogens is 2. The van der Waals surface area contributed by atoms with E-state index in [0.717, 1.165) is 40.7 Å². The first-order chi connectivity index (χ1) is 11.6. The number of imidazole rings is 1. The quantitative estimate of drug-likeness (QED) is 0.682. The number of aldehydes is 1. The van der Waals surface area contributed by atoms with E-state index < -0.39 is 0 Å². The fourth-order valence-electron chi connectivity index (χ4n) is 3.40. The maximum atomic E-state index is 11.8. The summed E-state index contributed by atoms with van der Waals surface area (Å²) >= 11 is 0. The van der Waals surface area contributed by atoms with E-state index in [1.165, 1.54) is 0 Å². The third kappa shape index (κ3) is 2.05. The number of carbonyl (C=O) groups excluding carboxylic acids is 2. The normalized spacial score (nSPS) is 13.3. The molecule has 3 heterocycles. The van der Waals surface area contributed by atoms with Crippen LogP contribution in [0.3, 0.4) is 0 Å². The number of rotatable bonds is 2. The minimum Gasteiger partial charge on any atom is -0.312 e. The Labute approximate surface area is 139 Å². The Morgan fingerprint density at radius 1 is 1.29 bits per heavy atom. The summed E-state index contributed by atoms with van der Waals surface area (Å²) in [5.41, 5.74) is 5.90. The molecule has 1 aliphatic heterocycles. The van der Waals surface area contributed by atoms with Crippen LogP contribution in [0.25, 0.3) is 16.9 Å². The molecule has 0 aliphatic carbocycles. The number of carbonyl (C=O) groups is 2. The van der Waals surface area contributed by atoms with Crippen LogP contribution < -0.4 is 4.90 Å². The average Bonchev–Trinajstić information content (AvgIpc) is 3.16. The molecule has 0 radical (unpaired) electrons. The van der Waals surface area contributed by atoms with Gasteiger partial charge in [-0.05, 0) is 36.6 Å². The molecule has 5 heteroatoms. The Bertz CT molecular complexity index is 988. The number of fused-ring (bicyclic) bond motifs is 2. The Hall–Kier alpha value is -2.95. The third-order valence-electron chi connectivity index (χ3n) is 4.63. The SMILES string of the molecule is CC(=O)N1CCc2ccc(-c3nc4c(C)cccn4c3C=O)cc21. The lowest BCUT2D eigenvalue weighted by molar-refractivity contribution is -0.116. The molecule has 1 aliphatic rings.